The molecule has 0 bridgehead atoms. The molecule has 0 radical (unpaired) electrons. The lowest BCUT2D eigenvalue weighted by atomic mass is 9.84. The highest BCUT2D eigenvalue weighted by molar-refractivity contribution is 7.11. The SMILES string of the molecule is CC(C)(CC(N)=O)Cc1csc(Oc2ccc(N)c(F)c2)n1. The van der Waals surface area contributed by atoms with Gasteiger partial charge in [-0.25, -0.2) is 9.37 Å². The van der Waals surface area contributed by atoms with Crippen LogP contribution in [-0.2, 0) is 11.2 Å². The molecule has 5 nitrogen and oxygen atoms in total. The van der Waals surface area contributed by atoms with Crippen molar-refractivity contribution < 1.29 is 13.9 Å². The molecule has 22 heavy (non-hydrogen) atoms. The van der Waals surface area contributed by atoms with Gasteiger partial charge < -0.3 is 16.2 Å². The Hall–Kier alpha value is -2.15. The number of nitrogens with zero attached hydrogens (tertiary/aromatic N) is 1. The van der Waals surface area contributed by atoms with Crippen molar-refractivity contribution >= 4 is 22.9 Å². The third kappa shape index (κ3) is 4.42. The summed E-state index contributed by atoms with van der Waals surface area (Å²) in [6, 6.07) is 4.24. The topological polar surface area (TPSA) is 91.2 Å². The van der Waals surface area contributed by atoms with Gasteiger partial charge in [0.2, 0.25) is 5.91 Å². The van der Waals surface area contributed by atoms with E-state index in [1.54, 1.807) is 6.07 Å². The molecule has 0 aliphatic carbocycles. The fourth-order valence-corrected chi connectivity index (χ4v) is 2.80. The number of amides is 1. The second kappa shape index (κ2) is 6.31. The number of anilines is 1. The van der Waals surface area contributed by atoms with Crippen LogP contribution in [0.1, 0.15) is 26.0 Å². The molecule has 0 spiro atoms. The molecule has 2 aromatic rings. The number of carbonyl (C=O) groups is 1. The first-order valence-corrected chi connectivity index (χ1v) is 7.59. The number of hydrogen-bond donors (Lipinski definition) is 2. The molecule has 7 heteroatoms. The standard InChI is InChI=1S/C15H18FN3O2S/c1-15(2,7-13(18)20)6-9-8-22-14(19-9)21-10-3-4-12(17)11(16)5-10/h3-5,8H,6-7,17H2,1-2H3,(H2,18,20). The number of primary amides is 1. The molecular formula is C15H18FN3O2S. The lowest BCUT2D eigenvalue weighted by molar-refractivity contribution is -0.119. The summed E-state index contributed by atoms with van der Waals surface area (Å²) in [6.07, 6.45) is 0.885. The van der Waals surface area contributed by atoms with Crippen molar-refractivity contribution in [2.24, 2.45) is 11.1 Å². The van der Waals surface area contributed by atoms with E-state index in [9.17, 15) is 9.18 Å². The summed E-state index contributed by atoms with van der Waals surface area (Å²) >= 11 is 1.31. The van der Waals surface area contributed by atoms with Crippen LogP contribution < -0.4 is 16.2 Å². The Kier molecular flexibility index (Phi) is 4.65. The summed E-state index contributed by atoms with van der Waals surface area (Å²) in [5, 5.41) is 2.26. The Balaban J connectivity index is 2.05. The minimum Gasteiger partial charge on any atom is -0.431 e. The normalized spacial score (nSPS) is 11.4. The zero-order valence-electron chi connectivity index (χ0n) is 12.4. The molecule has 1 aromatic carbocycles. The fourth-order valence-electron chi connectivity index (χ4n) is 2.11. The number of halogens is 1. The van der Waals surface area contributed by atoms with Gasteiger partial charge in [0.25, 0.3) is 5.19 Å². The predicted octanol–water partition coefficient (Wildman–Crippen LogP) is 3.10. The van der Waals surface area contributed by atoms with Crippen molar-refractivity contribution in [3.63, 3.8) is 0 Å². The second-order valence-electron chi connectivity index (χ2n) is 5.87. The van der Waals surface area contributed by atoms with Gasteiger partial charge in [0.1, 0.15) is 11.6 Å². The van der Waals surface area contributed by atoms with E-state index in [1.807, 2.05) is 19.2 Å². The lowest BCUT2D eigenvalue weighted by Gasteiger charge is -2.21. The molecule has 2 rings (SSSR count). The first-order chi connectivity index (χ1) is 10.2. The number of ether oxygens (including phenoxy) is 1. The van der Waals surface area contributed by atoms with Crippen LogP contribution in [-0.4, -0.2) is 10.9 Å². The van der Waals surface area contributed by atoms with E-state index in [0.29, 0.717) is 17.4 Å². The molecule has 1 heterocycles. The van der Waals surface area contributed by atoms with E-state index in [4.69, 9.17) is 16.2 Å². The molecule has 0 aliphatic heterocycles. The van der Waals surface area contributed by atoms with Gasteiger partial charge in [-0.05, 0) is 24.0 Å². The number of hydrogen-bond acceptors (Lipinski definition) is 5. The molecule has 0 saturated heterocycles. The molecule has 0 unspecified atom stereocenters. The van der Waals surface area contributed by atoms with Gasteiger partial charge in [0, 0.05) is 17.9 Å². The van der Waals surface area contributed by atoms with Crippen LogP contribution >= 0.6 is 11.3 Å². The van der Waals surface area contributed by atoms with Crippen molar-refractivity contribution in [2.75, 3.05) is 5.73 Å². The zero-order valence-corrected chi connectivity index (χ0v) is 13.2. The van der Waals surface area contributed by atoms with E-state index in [2.05, 4.69) is 4.98 Å². The first-order valence-electron chi connectivity index (χ1n) is 6.71. The number of nitrogens with two attached hydrogens (primary N) is 2. The summed E-state index contributed by atoms with van der Waals surface area (Å²) in [5.74, 6) is -0.532. The zero-order chi connectivity index (χ0) is 16.3. The fraction of sp³-hybridized carbons (Fsp3) is 0.333. The van der Waals surface area contributed by atoms with Crippen LogP contribution in [0.4, 0.5) is 10.1 Å². The molecule has 0 atom stereocenters. The quantitative estimate of drug-likeness (QED) is 0.799. The van der Waals surface area contributed by atoms with Gasteiger partial charge in [-0.2, -0.15) is 0 Å². The van der Waals surface area contributed by atoms with Crippen LogP contribution in [0.25, 0.3) is 0 Å². The van der Waals surface area contributed by atoms with Gasteiger partial charge in [-0.1, -0.05) is 25.2 Å². The van der Waals surface area contributed by atoms with Crippen molar-refractivity contribution in [1.29, 1.82) is 0 Å². The Morgan fingerprint density at radius 3 is 2.82 bits per heavy atom. The highest BCUT2D eigenvalue weighted by atomic mass is 32.1. The van der Waals surface area contributed by atoms with Gasteiger partial charge in [0.15, 0.2) is 0 Å². The number of thiazole rings is 1. The van der Waals surface area contributed by atoms with Gasteiger partial charge in [-0.3, -0.25) is 4.79 Å². The molecular weight excluding hydrogens is 305 g/mol. The minimum atomic E-state index is -0.531. The highest BCUT2D eigenvalue weighted by Gasteiger charge is 2.22. The smallest absolute Gasteiger partial charge is 0.278 e. The number of benzene rings is 1. The highest BCUT2D eigenvalue weighted by Crippen LogP contribution is 2.31. The van der Waals surface area contributed by atoms with Crippen LogP contribution in [0.2, 0.25) is 0 Å². The van der Waals surface area contributed by atoms with Gasteiger partial charge in [0.05, 0.1) is 11.4 Å². The van der Waals surface area contributed by atoms with Crippen LogP contribution in [0.15, 0.2) is 23.6 Å². The molecule has 1 amide bonds. The summed E-state index contributed by atoms with van der Waals surface area (Å²) in [6.45, 7) is 3.90. The summed E-state index contributed by atoms with van der Waals surface area (Å²) < 4.78 is 18.9. The van der Waals surface area contributed by atoms with Crippen LogP contribution in [0.3, 0.4) is 0 Å². The Morgan fingerprint density at radius 2 is 2.18 bits per heavy atom. The van der Waals surface area contributed by atoms with Crippen LogP contribution in [0, 0.1) is 11.2 Å². The monoisotopic (exact) mass is 323 g/mol. The van der Waals surface area contributed by atoms with Crippen molar-refractivity contribution in [3.05, 3.63) is 35.1 Å². The van der Waals surface area contributed by atoms with Crippen molar-refractivity contribution in [2.45, 2.75) is 26.7 Å². The summed E-state index contributed by atoms with van der Waals surface area (Å²) in [4.78, 5) is 15.4. The van der Waals surface area contributed by atoms with Gasteiger partial charge in [-0.15, -0.1) is 0 Å². The number of aromatic nitrogens is 1. The molecule has 1 aromatic heterocycles. The largest absolute Gasteiger partial charge is 0.431 e. The third-order valence-electron chi connectivity index (χ3n) is 3.02. The van der Waals surface area contributed by atoms with Crippen molar-refractivity contribution in [3.8, 4) is 10.9 Å². The average Bonchev–Trinajstić information content (AvgIpc) is 2.78. The maximum absolute atomic E-state index is 13.4. The third-order valence-corrected chi connectivity index (χ3v) is 3.79. The second-order valence-corrected chi connectivity index (χ2v) is 6.69. The Bertz CT molecular complexity index is 685. The summed E-state index contributed by atoms with van der Waals surface area (Å²) in [7, 11) is 0. The van der Waals surface area contributed by atoms with E-state index in [0.717, 1.165) is 5.69 Å². The van der Waals surface area contributed by atoms with Crippen molar-refractivity contribution in [1.82, 2.24) is 4.98 Å². The number of nitrogen functional groups attached to an aromatic ring is 1. The van der Waals surface area contributed by atoms with Gasteiger partial charge >= 0.3 is 0 Å². The molecule has 4 N–H and O–H groups in total. The maximum Gasteiger partial charge on any atom is 0.278 e. The molecule has 0 saturated carbocycles. The molecule has 0 aliphatic rings. The van der Waals surface area contributed by atoms with E-state index < -0.39 is 5.82 Å². The lowest BCUT2D eigenvalue weighted by Crippen LogP contribution is -2.24. The maximum atomic E-state index is 13.4. The molecule has 0 fully saturated rings. The number of rotatable bonds is 6. The van der Waals surface area contributed by atoms with E-state index in [1.165, 1.54) is 23.5 Å². The minimum absolute atomic E-state index is 0.0698. The number of carbonyl (C=O) groups excluding carboxylic acids is 1. The van der Waals surface area contributed by atoms with E-state index in [-0.39, 0.29) is 23.4 Å². The first kappa shape index (κ1) is 16.2. The van der Waals surface area contributed by atoms with E-state index >= 15 is 0 Å². The summed E-state index contributed by atoms with van der Waals surface area (Å²) in [5.41, 5.74) is 11.3. The average molecular weight is 323 g/mol. The predicted molar refractivity (Wildman–Crippen MR) is 84.3 cm³/mol. The Morgan fingerprint density at radius 1 is 1.45 bits per heavy atom. The Labute approximate surface area is 132 Å². The van der Waals surface area contributed by atoms with Crippen LogP contribution in [0.5, 0.6) is 10.9 Å². The molecule has 118 valence electrons.